The van der Waals surface area contributed by atoms with Gasteiger partial charge >= 0.3 is 0 Å². The molecule has 0 saturated heterocycles. The van der Waals surface area contributed by atoms with Gasteiger partial charge in [0.25, 0.3) is 5.91 Å². The molecule has 1 aromatic carbocycles. The minimum atomic E-state index is -0.542. The van der Waals surface area contributed by atoms with Crippen LogP contribution in [-0.2, 0) is 9.59 Å². The van der Waals surface area contributed by atoms with Crippen LogP contribution in [0, 0.1) is 0 Å². The average molecular weight is 339 g/mol. The van der Waals surface area contributed by atoms with Crippen LogP contribution in [0.15, 0.2) is 71.6 Å². The Hall–Kier alpha value is -3.12. The summed E-state index contributed by atoms with van der Waals surface area (Å²) < 4.78 is 0. The van der Waals surface area contributed by atoms with Crippen LogP contribution in [0.1, 0.15) is 20.7 Å². The molecule has 0 bridgehead atoms. The molecule has 2 aliphatic rings. The number of carbonyl (C=O) groups excluding carboxylic acids is 4. The first-order valence-corrected chi connectivity index (χ1v) is 7.88. The van der Waals surface area contributed by atoms with Crippen molar-refractivity contribution in [3.63, 3.8) is 0 Å². The zero-order valence-corrected chi connectivity index (χ0v) is 13.3. The third-order valence-corrected chi connectivity index (χ3v) is 3.57. The summed E-state index contributed by atoms with van der Waals surface area (Å²) in [6, 6.07) is 10.9. The van der Waals surface area contributed by atoms with Gasteiger partial charge in [-0.2, -0.15) is 11.3 Å². The number of carbonyl (C=O) groups is 4. The minimum absolute atomic E-state index is 0.0924. The number of allylic oxidation sites excluding steroid dienone is 2. The van der Waals surface area contributed by atoms with Crippen molar-refractivity contribution < 1.29 is 19.2 Å². The van der Waals surface area contributed by atoms with Gasteiger partial charge in [-0.3, -0.25) is 19.2 Å². The Morgan fingerprint density at radius 2 is 1.21 bits per heavy atom. The Kier molecular flexibility index (Phi) is 6.10. The molecule has 1 aromatic heterocycles. The highest BCUT2D eigenvalue weighted by Crippen LogP contribution is 2.15. The molecule has 1 aliphatic heterocycles. The van der Waals surface area contributed by atoms with E-state index in [-0.39, 0.29) is 11.6 Å². The number of thiophene rings is 1. The van der Waals surface area contributed by atoms with Crippen molar-refractivity contribution in [2.75, 3.05) is 0 Å². The standard InChI is InChI=1S/C10H6O2.C4H3NO2.C4H4S/c11-9-5-6-10(12)8-4-2-1-3-7(8)9;6-3-1-2-5-4(3)7;1-2-4-5-3-1/h1-6H;1-2H,(H,5,6,7);1-4H. The lowest BCUT2D eigenvalue weighted by Crippen LogP contribution is -2.17. The monoisotopic (exact) mass is 339 g/mol. The van der Waals surface area contributed by atoms with Crippen LogP contribution >= 0.6 is 11.3 Å². The van der Waals surface area contributed by atoms with Gasteiger partial charge in [-0.05, 0) is 22.9 Å². The SMILES string of the molecule is O=C1C=CC(=O)c2ccccc21.O=C1C=CNC1=O.c1ccsc1. The maximum atomic E-state index is 11.2. The molecule has 0 unspecified atom stereocenters. The van der Waals surface area contributed by atoms with Crippen molar-refractivity contribution in [3.8, 4) is 0 Å². The summed E-state index contributed by atoms with van der Waals surface area (Å²) in [6.45, 7) is 0. The van der Waals surface area contributed by atoms with E-state index >= 15 is 0 Å². The van der Waals surface area contributed by atoms with Crippen molar-refractivity contribution in [3.05, 3.63) is 82.7 Å². The number of rotatable bonds is 0. The maximum Gasteiger partial charge on any atom is 0.295 e. The van der Waals surface area contributed by atoms with Gasteiger partial charge < -0.3 is 5.32 Å². The molecule has 2 heterocycles. The van der Waals surface area contributed by atoms with Crippen LogP contribution < -0.4 is 5.32 Å². The van der Waals surface area contributed by atoms with Gasteiger partial charge in [0.1, 0.15) is 0 Å². The molecule has 2 aromatic rings. The molecule has 0 atom stereocenters. The lowest BCUT2D eigenvalue weighted by Gasteiger charge is -2.06. The molecule has 0 fully saturated rings. The van der Waals surface area contributed by atoms with E-state index in [1.165, 1.54) is 24.4 Å². The Morgan fingerprint density at radius 3 is 1.50 bits per heavy atom. The summed E-state index contributed by atoms with van der Waals surface area (Å²) in [4.78, 5) is 42.5. The summed E-state index contributed by atoms with van der Waals surface area (Å²) in [5.74, 6) is -1.20. The van der Waals surface area contributed by atoms with Crippen molar-refractivity contribution >= 4 is 34.6 Å². The van der Waals surface area contributed by atoms with E-state index in [1.54, 1.807) is 35.6 Å². The minimum Gasteiger partial charge on any atom is -0.326 e. The molecule has 120 valence electrons. The van der Waals surface area contributed by atoms with E-state index < -0.39 is 11.7 Å². The molecular formula is C18H13NO4S. The fraction of sp³-hybridized carbons (Fsp3) is 0. The second kappa shape index (κ2) is 8.50. The van der Waals surface area contributed by atoms with E-state index in [0.717, 1.165) is 0 Å². The molecule has 5 nitrogen and oxygen atoms in total. The summed E-state index contributed by atoms with van der Waals surface area (Å²) in [6.07, 6.45) is 5.14. The normalized spacial score (nSPS) is 14.2. The van der Waals surface area contributed by atoms with Crippen LogP contribution in [0.3, 0.4) is 0 Å². The lowest BCUT2D eigenvalue weighted by molar-refractivity contribution is -0.133. The first kappa shape index (κ1) is 17.2. The topological polar surface area (TPSA) is 80.3 Å². The second-order valence-electron chi connectivity index (χ2n) is 4.57. The number of ketones is 3. The molecule has 24 heavy (non-hydrogen) atoms. The number of nitrogens with one attached hydrogen (secondary N) is 1. The fourth-order valence-corrected chi connectivity index (χ4v) is 2.26. The molecule has 0 saturated carbocycles. The Labute approximate surface area is 142 Å². The summed E-state index contributed by atoms with van der Waals surface area (Å²) in [5, 5.41) is 6.28. The highest BCUT2D eigenvalue weighted by molar-refractivity contribution is 7.07. The van der Waals surface area contributed by atoms with Gasteiger partial charge in [0.05, 0.1) is 0 Å². The van der Waals surface area contributed by atoms with Crippen molar-refractivity contribution in [2.45, 2.75) is 0 Å². The average Bonchev–Trinajstić information content (AvgIpc) is 3.28. The van der Waals surface area contributed by atoms with Crippen molar-refractivity contribution in [2.24, 2.45) is 0 Å². The molecule has 1 N–H and O–H groups in total. The van der Waals surface area contributed by atoms with Gasteiger partial charge in [-0.15, -0.1) is 0 Å². The second-order valence-corrected chi connectivity index (χ2v) is 5.39. The van der Waals surface area contributed by atoms with Gasteiger partial charge in [0.2, 0.25) is 5.78 Å². The molecule has 0 radical (unpaired) electrons. The van der Waals surface area contributed by atoms with Gasteiger partial charge in [-0.25, -0.2) is 0 Å². The van der Waals surface area contributed by atoms with Gasteiger partial charge in [0.15, 0.2) is 11.6 Å². The number of fused-ring (bicyclic) bond motifs is 1. The van der Waals surface area contributed by atoms with E-state index in [9.17, 15) is 19.2 Å². The molecule has 6 heteroatoms. The molecule has 1 amide bonds. The Balaban J connectivity index is 0.000000147. The lowest BCUT2D eigenvalue weighted by atomic mass is 9.95. The highest BCUT2D eigenvalue weighted by atomic mass is 32.1. The fourth-order valence-electron chi connectivity index (χ4n) is 1.81. The number of amides is 1. The van der Waals surface area contributed by atoms with Crippen LogP contribution in [0.5, 0.6) is 0 Å². The predicted molar refractivity (Wildman–Crippen MR) is 90.9 cm³/mol. The molecule has 1 aliphatic carbocycles. The molecule has 0 spiro atoms. The number of benzene rings is 1. The van der Waals surface area contributed by atoms with E-state index in [4.69, 9.17) is 0 Å². The Bertz CT molecular complexity index is 765. The Morgan fingerprint density at radius 1 is 0.667 bits per heavy atom. The van der Waals surface area contributed by atoms with Gasteiger partial charge in [-0.1, -0.05) is 36.4 Å². The first-order chi connectivity index (χ1) is 11.6. The first-order valence-electron chi connectivity index (χ1n) is 6.94. The third-order valence-electron chi connectivity index (χ3n) is 2.94. The van der Waals surface area contributed by atoms with Crippen LogP contribution in [0.4, 0.5) is 0 Å². The van der Waals surface area contributed by atoms with Crippen LogP contribution in [0.25, 0.3) is 0 Å². The van der Waals surface area contributed by atoms with Crippen molar-refractivity contribution in [1.82, 2.24) is 5.32 Å². The quantitative estimate of drug-likeness (QED) is 0.748. The highest BCUT2D eigenvalue weighted by Gasteiger charge is 2.17. The van der Waals surface area contributed by atoms with Crippen LogP contribution in [-0.4, -0.2) is 23.3 Å². The zero-order chi connectivity index (χ0) is 17.4. The summed E-state index contributed by atoms with van der Waals surface area (Å²) in [5.41, 5.74) is 1.01. The van der Waals surface area contributed by atoms with Crippen LogP contribution in [0.2, 0.25) is 0 Å². The molecule has 4 rings (SSSR count). The maximum absolute atomic E-state index is 11.2. The zero-order valence-electron chi connectivity index (χ0n) is 12.5. The smallest absolute Gasteiger partial charge is 0.295 e. The molecular weight excluding hydrogens is 326 g/mol. The predicted octanol–water partition coefficient (Wildman–Crippen LogP) is 2.57. The number of hydrogen-bond acceptors (Lipinski definition) is 5. The van der Waals surface area contributed by atoms with Gasteiger partial charge in [0, 0.05) is 23.4 Å². The van der Waals surface area contributed by atoms with E-state index in [0.29, 0.717) is 11.1 Å². The summed E-state index contributed by atoms with van der Waals surface area (Å²) in [7, 11) is 0. The largest absolute Gasteiger partial charge is 0.326 e. The number of hydrogen-bond donors (Lipinski definition) is 1. The van der Waals surface area contributed by atoms with E-state index in [1.807, 2.05) is 22.9 Å². The third kappa shape index (κ3) is 4.69. The summed E-state index contributed by atoms with van der Waals surface area (Å²) >= 11 is 1.71. The van der Waals surface area contributed by atoms with Crippen molar-refractivity contribution in [1.29, 1.82) is 0 Å². The van der Waals surface area contributed by atoms with E-state index in [2.05, 4.69) is 5.32 Å².